The molecule has 7 nitrogen and oxygen atoms in total. The Balaban J connectivity index is 1.90. The molecule has 1 aromatic carbocycles. The number of cyclic esters (lactones) is 1. The molecule has 2 aliphatic rings. The van der Waals surface area contributed by atoms with Gasteiger partial charge in [0.25, 0.3) is 5.56 Å². The molecule has 0 radical (unpaired) electrons. The van der Waals surface area contributed by atoms with Gasteiger partial charge >= 0.3 is 5.97 Å². The summed E-state index contributed by atoms with van der Waals surface area (Å²) in [6.45, 7) is 3.91. The average molecular weight is 391 g/mol. The first kappa shape index (κ1) is 17.9. The molecule has 5 rings (SSSR count). The minimum atomic E-state index is -1.93. The van der Waals surface area contributed by atoms with E-state index in [-0.39, 0.29) is 35.4 Å². The molecular weight excluding hydrogens is 370 g/mol. The van der Waals surface area contributed by atoms with Gasteiger partial charge in [0.2, 0.25) is 0 Å². The van der Waals surface area contributed by atoms with Crippen LogP contribution in [-0.4, -0.2) is 20.6 Å². The van der Waals surface area contributed by atoms with Gasteiger partial charge in [-0.2, -0.15) is 0 Å². The molecule has 4 heterocycles. The van der Waals surface area contributed by atoms with E-state index in [1.807, 2.05) is 24.3 Å². The van der Waals surface area contributed by atoms with E-state index in [4.69, 9.17) is 15.5 Å². The average Bonchev–Trinajstić information content (AvgIpc) is 3.11. The number of fused-ring (bicyclic) bond motifs is 5. The van der Waals surface area contributed by atoms with Gasteiger partial charge in [0.15, 0.2) is 5.60 Å². The van der Waals surface area contributed by atoms with Gasteiger partial charge in [-0.1, -0.05) is 32.0 Å². The number of hydrogen-bond donors (Lipinski definition) is 2. The van der Waals surface area contributed by atoms with Crippen molar-refractivity contribution < 1.29 is 14.6 Å². The number of nitrogen functional groups attached to an aromatic ring is 1. The third-order valence-corrected chi connectivity index (χ3v) is 6.22. The summed E-state index contributed by atoms with van der Waals surface area (Å²) >= 11 is 0. The van der Waals surface area contributed by atoms with E-state index in [1.54, 1.807) is 11.5 Å². The van der Waals surface area contributed by atoms with Gasteiger partial charge < -0.3 is 20.1 Å². The molecule has 0 bridgehead atoms. The first-order valence-corrected chi connectivity index (χ1v) is 9.78. The van der Waals surface area contributed by atoms with Crippen LogP contribution >= 0.6 is 0 Å². The molecule has 148 valence electrons. The number of aromatic nitrogens is 2. The second-order valence-electron chi connectivity index (χ2n) is 7.59. The zero-order valence-electron chi connectivity index (χ0n) is 16.3. The summed E-state index contributed by atoms with van der Waals surface area (Å²) in [4.78, 5) is 30.5. The van der Waals surface area contributed by atoms with E-state index in [9.17, 15) is 14.7 Å². The predicted octanol–water partition coefficient (Wildman–Crippen LogP) is 2.22. The highest BCUT2D eigenvalue weighted by atomic mass is 16.6. The van der Waals surface area contributed by atoms with Crippen molar-refractivity contribution in [2.24, 2.45) is 0 Å². The Morgan fingerprint density at radius 3 is 2.72 bits per heavy atom. The minimum Gasteiger partial charge on any atom is -0.458 e. The summed E-state index contributed by atoms with van der Waals surface area (Å²) in [5, 5.41) is 12.1. The van der Waals surface area contributed by atoms with Gasteiger partial charge in [-0.05, 0) is 24.5 Å². The fourth-order valence-corrected chi connectivity index (χ4v) is 4.74. The third-order valence-electron chi connectivity index (χ3n) is 6.22. The lowest BCUT2D eigenvalue weighted by Crippen LogP contribution is -2.45. The maximum absolute atomic E-state index is 13.3. The summed E-state index contributed by atoms with van der Waals surface area (Å²) in [7, 11) is 0. The van der Waals surface area contributed by atoms with E-state index in [0.29, 0.717) is 17.9 Å². The van der Waals surface area contributed by atoms with Gasteiger partial charge in [-0.25, -0.2) is 9.78 Å². The summed E-state index contributed by atoms with van der Waals surface area (Å²) in [6.07, 6.45) is 0.846. The SMILES string of the molecule is CCc1c2c(nc3ccccc13)-c1c(N)c3c(c(=O)n1C2)COC(=O)[C@]3(O)CC. The molecule has 0 aliphatic carbocycles. The highest BCUT2D eigenvalue weighted by molar-refractivity contribution is 5.93. The van der Waals surface area contributed by atoms with Crippen LogP contribution in [0.1, 0.15) is 42.5 Å². The van der Waals surface area contributed by atoms with Crippen molar-refractivity contribution in [1.82, 2.24) is 9.55 Å². The van der Waals surface area contributed by atoms with E-state index in [1.165, 1.54) is 0 Å². The fourth-order valence-electron chi connectivity index (χ4n) is 4.74. The Bertz CT molecular complexity index is 1280. The molecule has 1 atom stereocenters. The van der Waals surface area contributed by atoms with Crippen molar-refractivity contribution in [3.63, 3.8) is 0 Å². The first-order chi connectivity index (χ1) is 13.9. The van der Waals surface area contributed by atoms with Gasteiger partial charge in [-0.3, -0.25) is 4.79 Å². The quantitative estimate of drug-likeness (QED) is 0.508. The number of rotatable bonds is 2. The second kappa shape index (κ2) is 5.90. The number of ether oxygens (including phenoxy) is 1. The second-order valence-corrected chi connectivity index (χ2v) is 7.59. The number of aliphatic hydroxyl groups is 1. The van der Waals surface area contributed by atoms with Gasteiger partial charge in [0.1, 0.15) is 6.61 Å². The normalized spacial score (nSPS) is 19.6. The highest BCUT2D eigenvalue weighted by Gasteiger charge is 2.47. The van der Waals surface area contributed by atoms with Crippen LogP contribution in [0.2, 0.25) is 0 Å². The van der Waals surface area contributed by atoms with Crippen molar-refractivity contribution in [2.45, 2.75) is 45.4 Å². The Labute approximate surface area is 166 Å². The molecule has 2 aromatic heterocycles. The van der Waals surface area contributed by atoms with E-state index in [0.717, 1.165) is 28.5 Å². The molecule has 0 saturated heterocycles. The topological polar surface area (TPSA) is 107 Å². The monoisotopic (exact) mass is 391 g/mol. The van der Waals surface area contributed by atoms with Gasteiger partial charge in [0.05, 0.1) is 34.7 Å². The molecule has 2 aliphatic heterocycles. The molecule has 3 N–H and O–H groups in total. The zero-order chi connectivity index (χ0) is 20.5. The standard InChI is InChI=1S/C22H21N3O4/c1-3-11-12-7-5-6-8-15(12)24-18-13(11)9-25-19(18)17(23)16-14(20(25)26)10-29-21(27)22(16,28)4-2/h5-8,28H,3-4,9-10,23H2,1-2H3/t22-/m0/s1. The molecule has 0 saturated carbocycles. The van der Waals surface area contributed by atoms with E-state index >= 15 is 0 Å². The van der Waals surface area contributed by atoms with Crippen molar-refractivity contribution in [3.05, 3.63) is 56.9 Å². The van der Waals surface area contributed by atoms with Crippen LogP contribution in [0, 0.1) is 0 Å². The van der Waals surface area contributed by atoms with Gasteiger partial charge in [-0.15, -0.1) is 0 Å². The number of benzene rings is 1. The van der Waals surface area contributed by atoms with Crippen LogP contribution in [0.4, 0.5) is 5.69 Å². The Hall–Kier alpha value is -3.19. The molecule has 0 amide bonds. The minimum absolute atomic E-state index is 0.0597. The number of nitrogens with zero attached hydrogens (tertiary/aromatic N) is 2. The Morgan fingerprint density at radius 2 is 2.00 bits per heavy atom. The highest BCUT2D eigenvalue weighted by Crippen LogP contribution is 2.44. The zero-order valence-corrected chi connectivity index (χ0v) is 16.3. The molecule has 0 fully saturated rings. The molecule has 3 aromatic rings. The van der Waals surface area contributed by atoms with Crippen molar-refractivity contribution in [3.8, 4) is 11.4 Å². The number of pyridine rings is 2. The Morgan fingerprint density at radius 1 is 1.24 bits per heavy atom. The first-order valence-electron chi connectivity index (χ1n) is 9.78. The fraction of sp³-hybridized carbons (Fsp3) is 0.318. The van der Waals surface area contributed by atoms with Crippen LogP contribution in [0.3, 0.4) is 0 Å². The van der Waals surface area contributed by atoms with Crippen molar-refractivity contribution in [1.29, 1.82) is 0 Å². The number of carbonyl (C=O) groups excluding carboxylic acids is 1. The maximum atomic E-state index is 13.3. The molecule has 29 heavy (non-hydrogen) atoms. The van der Waals surface area contributed by atoms with Crippen LogP contribution in [-0.2, 0) is 34.7 Å². The number of esters is 1. The third kappa shape index (κ3) is 2.13. The summed E-state index contributed by atoms with van der Waals surface area (Å²) < 4.78 is 6.71. The van der Waals surface area contributed by atoms with Crippen LogP contribution in [0.5, 0.6) is 0 Å². The molecular formula is C22H21N3O4. The number of hydrogen-bond acceptors (Lipinski definition) is 6. The van der Waals surface area contributed by atoms with E-state index in [2.05, 4.69) is 6.92 Å². The lowest BCUT2D eigenvalue weighted by molar-refractivity contribution is -0.172. The Kier molecular flexibility index (Phi) is 3.64. The smallest absolute Gasteiger partial charge is 0.343 e. The lowest BCUT2D eigenvalue weighted by Gasteiger charge is -2.33. The van der Waals surface area contributed by atoms with Crippen LogP contribution in [0.15, 0.2) is 29.1 Å². The summed E-state index contributed by atoms with van der Waals surface area (Å²) in [5.41, 5.74) is 8.98. The number of carbonyl (C=O) groups is 1. The predicted molar refractivity (Wildman–Crippen MR) is 108 cm³/mol. The summed E-state index contributed by atoms with van der Waals surface area (Å²) in [6, 6.07) is 7.86. The largest absolute Gasteiger partial charge is 0.458 e. The maximum Gasteiger partial charge on any atom is 0.343 e. The van der Waals surface area contributed by atoms with Gasteiger partial charge in [0, 0.05) is 16.5 Å². The molecule has 7 heteroatoms. The molecule has 0 unspecified atom stereocenters. The number of aryl methyl sites for hydroxylation is 1. The number of anilines is 1. The number of nitrogens with two attached hydrogens (primary N) is 1. The molecule has 0 spiro atoms. The van der Waals surface area contributed by atoms with Crippen molar-refractivity contribution in [2.75, 3.05) is 5.73 Å². The van der Waals surface area contributed by atoms with Crippen LogP contribution in [0.25, 0.3) is 22.3 Å². The van der Waals surface area contributed by atoms with Crippen LogP contribution < -0.4 is 11.3 Å². The van der Waals surface area contributed by atoms with Crippen molar-refractivity contribution >= 4 is 22.6 Å². The number of para-hydroxylation sites is 1. The lowest BCUT2D eigenvalue weighted by atomic mass is 9.84. The van der Waals surface area contributed by atoms with E-state index < -0.39 is 11.6 Å². The summed E-state index contributed by atoms with van der Waals surface area (Å²) in [5.74, 6) is -0.775.